The normalized spacial score (nSPS) is 25.9. The number of nitrogens with one attached hydrogen (secondary N) is 2. The quantitative estimate of drug-likeness (QED) is 0.828. The van der Waals surface area contributed by atoms with Crippen molar-refractivity contribution >= 4 is 17.5 Å². The highest BCUT2D eigenvalue weighted by molar-refractivity contribution is 5.94. The van der Waals surface area contributed by atoms with E-state index in [4.69, 9.17) is 9.15 Å². The molecule has 3 saturated heterocycles. The fraction of sp³-hybridized carbons (Fsp3) is 0.429. The molecule has 3 aliphatic heterocycles. The molecule has 2 N–H and O–H groups in total. The van der Waals surface area contributed by atoms with E-state index in [1.807, 2.05) is 0 Å². The van der Waals surface area contributed by atoms with Crippen LogP contribution in [0.3, 0.4) is 0 Å². The highest BCUT2D eigenvalue weighted by Crippen LogP contribution is 2.32. The molecule has 28 heavy (non-hydrogen) atoms. The summed E-state index contributed by atoms with van der Waals surface area (Å²) < 4.78 is 10.9. The lowest BCUT2D eigenvalue weighted by Crippen LogP contribution is -2.62. The van der Waals surface area contributed by atoms with Crippen molar-refractivity contribution in [2.45, 2.75) is 38.8 Å². The third-order valence-electron chi connectivity index (χ3n) is 5.71. The molecule has 1 aromatic carbocycles. The van der Waals surface area contributed by atoms with Crippen LogP contribution in [-0.2, 0) is 4.79 Å². The van der Waals surface area contributed by atoms with Gasteiger partial charge in [-0.3, -0.25) is 14.5 Å². The molecule has 2 bridgehead atoms. The number of ether oxygens (including phenoxy) is 1. The van der Waals surface area contributed by atoms with E-state index >= 15 is 0 Å². The zero-order valence-electron chi connectivity index (χ0n) is 16.1. The molecule has 2 aromatic rings. The average molecular weight is 383 g/mol. The molecule has 1 aromatic heterocycles. The van der Waals surface area contributed by atoms with Crippen LogP contribution in [-0.4, -0.2) is 41.9 Å². The Morgan fingerprint density at radius 2 is 1.89 bits per heavy atom. The van der Waals surface area contributed by atoms with Gasteiger partial charge in [-0.15, -0.1) is 0 Å². The third-order valence-corrected chi connectivity index (χ3v) is 5.71. The molecule has 148 valence electrons. The number of carbonyl (C=O) groups is 2. The summed E-state index contributed by atoms with van der Waals surface area (Å²) in [6, 6.07) is 9.14. The number of furan rings is 1. The Hall–Kier alpha value is -2.80. The van der Waals surface area contributed by atoms with Crippen molar-refractivity contribution < 1.29 is 18.7 Å². The number of piperidine rings is 3. The summed E-state index contributed by atoms with van der Waals surface area (Å²) in [5.41, 5.74) is 1.14. The lowest BCUT2D eigenvalue weighted by atomic mass is 9.79. The molecule has 0 saturated carbocycles. The molecule has 5 rings (SSSR count). The fourth-order valence-electron chi connectivity index (χ4n) is 4.21. The molecule has 0 radical (unpaired) electrons. The van der Waals surface area contributed by atoms with Gasteiger partial charge >= 0.3 is 0 Å². The minimum Gasteiger partial charge on any atom is -0.432 e. The van der Waals surface area contributed by atoms with Crippen LogP contribution in [0, 0.1) is 5.92 Å². The first kappa shape index (κ1) is 18.6. The van der Waals surface area contributed by atoms with E-state index in [2.05, 4.69) is 22.5 Å². The Labute approximate surface area is 164 Å². The van der Waals surface area contributed by atoms with E-state index in [0.717, 1.165) is 25.9 Å². The first-order valence-corrected chi connectivity index (χ1v) is 9.68. The second-order valence-electron chi connectivity index (χ2n) is 7.58. The number of amides is 2. The summed E-state index contributed by atoms with van der Waals surface area (Å²) in [5.74, 6) is 1.16. The van der Waals surface area contributed by atoms with Gasteiger partial charge < -0.3 is 19.8 Å². The first-order chi connectivity index (χ1) is 13.5. The van der Waals surface area contributed by atoms with Crippen LogP contribution in [0.15, 0.2) is 41.0 Å². The molecule has 7 heteroatoms. The highest BCUT2D eigenvalue weighted by Gasteiger charge is 2.40. The Morgan fingerprint density at radius 3 is 2.54 bits per heavy atom. The fourth-order valence-corrected chi connectivity index (χ4v) is 4.21. The van der Waals surface area contributed by atoms with E-state index < -0.39 is 0 Å². The molecular formula is C21H25N3O4. The number of anilines is 1. The third kappa shape index (κ3) is 3.89. The lowest BCUT2D eigenvalue weighted by Gasteiger charge is -2.49. The standard InChI is InChI=1S/C21H25N3O4/c1-13-20(15-7-9-24(13)10-8-15)23-21(26)16-3-5-18(6-4-16)28-19-11-17(12-27-19)22-14(2)25/h3-6,11-13,15,20H,7-10H2,1-2H3,(H,22,25)(H,23,26)/t13-,20+/m1/s1. The van der Waals surface area contributed by atoms with Crippen LogP contribution >= 0.6 is 0 Å². The number of benzene rings is 1. The van der Waals surface area contributed by atoms with Gasteiger partial charge in [0.2, 0.25) is 5.91 Å². The van der Waals surface area contributed by atoms with Crippen LogP contribution in [0.5, 0.6) is 11.7 Å². The Bertz CT molecular complexity index is 851. The molecule has 3 aliphatic rings. The van der Waals surface area contributed by atoms with Crippen molar-refractivity contribution in [2.24, 2.45) is 5.92 Å². The van der Waals surface area contributed by atoms with Crippen molar-refractivity contribution in [3.63, 3.8) is 0 Å². The summed E-state index contributed by atoms with van der Waals surface area (Å²) in [5, 5.41) is 5.85. The summed E-state index contributed by atoms with van der Waals surface area (Å²) in [4.78, 5) is 26.2. The van der Waals surface area contributed by atoms with E-state index in [1.165, 1.54) is 13.2 Å². The minimum atomic E-state index is -0.181. The second-order valence-corrected chi connectivity index (χ2v) is 7.58. The molecular weight excluding hydrogens is 358 g/mol. The maximum atomic E-state index is 12.7. The predicted molar refractivity (Wildman–Crippen MR) is 105 cm³/mol. The van der Waals surface area contributed by atoms with Gasteiger partial charge in [0.15, 0.2) is 0 Å². The van der Waals surface area contributed by atoms with Gasteiger partial charge in [0, 0.05) is 30.6 Å². The summed E-state index contributed by atoms with van der Waals surface area (Å²) in [6.45, 7) is 5.90. The largest absolute Gasteiger partial charge is 0.432 e. The number of hydrogen-bond donors (Lipinski definition) is 2. The number of rotatable bonds is 5. The van der Waals surface area contributed by atoms with Gasteiger partial charge in [0.25, 0.3) is 11.9 Å². The topological polar surface area (TPSA) is 83.8 Å². The zero-order valence-corrected chi connectivity index (χ0v) is 16.1. The maximum absolute atomic E-state index is 12.7. The van der Waals surface area contributed by atoms with Crippen LogP contribution < -0.4 is 15.4 Å². The van der Waals surface area contributed by atoms with Gasteiger partial charge in [0.1, 0.15) is 12.0 Å². The van der Waals surface area contributed by atoms with Gasteiger partial charge in [0.05, 0.1) is 5.69 Å². The smallest absolute Gasteiger partial charge is 0.291 e. The van der Waals surface area contributed by atoms with Gasteiger partial charge in [-0.25, -0.2) is 0 Å². The number of hydrogen-bond acceptors (Lipinski definition) is 5. The average Bonchev–Trinajstić information content (AvgIpc) is 3.11. The molecule has 7 nitrogen and oxygen atoms in total. The van der Waals surface area contributed by atoms with Crippen molar-refractivity contribution in [1.29, 1.82) is 0 Å². The molecule has 0 spiro atoms. The van der Waals surface area contributed by atoms with Crippen LogP contribution in [0.1, 0.15) is 37.0 Å². The Morgan fingerprint density at radius 1 is 1.18 bits per heavy atom. The molecule has 3 fully saturated rings. The molecule has 2 atom stereocenters. The van der Waals surface area contributed by atoms with Crippen molar-refractivity contribution in [3.05, 3.63) is 42.2 Å². The number of carbonyl (C=O) groups excluding carboxylic acids is 2. The lowest BCUT2D eigenvalue weighted by molar-refractivity contribution is -0.114. The number of nitrogens with zero attached hydrogens (tertiary/aromatic N) is 1. The molecule has 0 aliphatic carbocycles. The Kier molecular flexibility index (Phi) is 5.09. The van der Waals surface area contributed by atoms with Crippen molar-refractivity contribution in [3.8, 4) is 11.7 Å². The number of fused-ring (bicyclic) bond motifs is 3. The SMILES string of the molecule is CC(=O)Nc1coc(Oc2ccc(C(=O)N[C@@H]3C4CCN(CC4)[C@@H]3C)cc2)c1. The Balaban J connectivity index is 1.37. The minimum absolute atomic E-state index is 0.0527. The van der Waals surface area contributed by atoms with Crippen molar-refractivity contribution in [2.75, 3.05) is 18.4 Å². The zero-order chi connectivity index (χ0) is 19.7. The maximum Gasteiger partial charge on any atom is 0.291 e. The van der Waals surface area contributed by atoms with E-state index in [0.29, 0.717) is 29.0 Å². The van der Waals surface area contributed by atoms with E-state index in [9.17, 15) is 9.59 Å². The molecule has 4 heterocycles. The van der Waals surface area contributed by atoms with E-state index in [-0.39, 0.29) is 23.8 Å². The highest BCUT2D eigenvalue weighted by atomic mass is 16.6. The van der Waals surface area contributed by atoms with Gasteiger partial charge in [-0.2, -0.15) is 0 Å². The van der Waals surface area contributed by atoms with Crippen LogP contribution in [0.4, 0.5) is 5.69 Å². The monoisotopic (exact) mass is 383 g/mol. The summed E-state index contributed by atoms with van der Waals surface area (Å²) in [7, 11) is 0. The second kappa shape index (κ2) is 7.67. The van der Waals surface area contributed by atoms with Gasteiger partial charge in [-0.1, -0.05) is 0 Å². The molecule has 0 unspecified atom stereocenters. The first-order valence-electron chi connectivity index (χ1n) is 9.68. The van der Waals surface area contributed by atoms with Crippen LogP contribution in [0.2, 0.25) is 0 Å². The summed E-state index contributed by atoms with van der Waals surface area (Å²) >= 11 is 0. The van der Waals surface area contributed by atoms with E-state index in [1.54, 1.807) is 30.3 Å². The van der Waals surface area contributed by atoms with Gasteiger partial charge in [-0.05, 0) is 63.0 Å². The van der Waals surface area contributed by atoms with Crippen molar-refractivity contribution in [1.82, 2.24) is 10.2 Å². The summed E-state index contributed by atoms with van der Waals surface area (Å²) in [6.07, 6.45) is 3.73. The molecule has 2 amide bonds. The van der Waals surface area contributed by atoms with Crippen LogP contribution in [0.25, 0.3) is 0 Å². The predicted octanol–water partition coefficient (Wildman–Crippen LogP) is 3.24.